The molecule has 1 aromatic rings. The van der Waals surface area contributed by atoms with Gasteiger partial charge < -0.3 is 14.9 Å². The number of H-pyrrole nitrogens is 1. The predicted molar refractivity (Wildman–Crippen MR) is 38.7 cm³/mol. The van der Waals surface area contributed by atoms with Crippen LogP contribution in [0.15, 0.2) is 18.5 Å². The third kappa shape index (κ3) is 3.04. The number of aromatic amines is 1. The second-order valence-corrected chi connectivity index (χ2v) is 1.59. The quantitative estimate of drug-likeness (QED) is 0.584. The lowest BCUT2D eigenvalue weighted by molar-refractivity contribution is -0.107. The van der Waals surface area contributed by atoms with E-state index in [4.69, 9.17) is 5.11 Å². The first-order valence-electron chi connectivity index (χ1n) is 2.93. The van der Waals surface area contributed by atoms with Gasteiger partial charge in [0, 0.05) is 25.9 Å². The molecule has 1 rings (SSSR count). The van der Waals surface area contributed by atoms with Gasteiger partial charge in [0.2, 0.25) is 0 Å². The molecule has 0 aliphatic heterocycles. The average Bonchev–Trinajstić information content (AvgIpc) is 2.46. The minimum Gasteiger partial charge on any atom is -0.400 e. The highest BCUT2D eigenvalue weighted by molar-refractivity contribution is 5.54. The molecule has 0 atom stereocenters. The van der Waals surface area contributed by atoms with Gasteiger partial charge in [-0.05, 0) is 11.6 Å². The molecule has 3 heteroatoms. The summed E-state index contributed by atoms with van der Waals surface area (Å²) in [7, 11) is 1.00. The number of hydrogen-bond donors (Lipinski definition) is 2. The number of aliphatic hydroxyl groups is 1. The topological polar surface area (TPSA) is 53.1 Å². The van der Waals surface area contributed by atoms with Gasteiger partial charge in [0.25, 0.3) is 0 Å². The minimum absolute atomic E-state index is 0.517. The smallest absolute Gasteiger partial charge is 0.124 e. The largest absolute Gasteiger partial charge is 0.400 e. The van der Waals surface area contributed by atoms with E-state index in [-0.39, 0.29) is 0 Å². The highest BCUT2D eigenvalue weighted by atomic mass is 16.2. The predicted octanol–water partition coefficient (Wildman–Crippen LogP) is 0.365. The second kappa shape index (κ2) is 6.04. The number of nitrogens with one attached hydrogen (secondary N) is 1. The summed E-state index contributed by atoms with van der Waals surface area (Å²) in [6.07, 6.45) is 5.03. The molecule has 10 heavy (non-hydrogen) atoms. The van der Waals surface area contributed by atoms with Gasteiger partial charge in [-0.1, -0.05) is 0 Å². The average molecular weight is 141 g/mol. The van der Waals surface area contributed by atoms with E-state index in [0.29, 0.717) is 6.42 Å². The number of aldehydes is 1. The number of aliphatic hydroxyl groups excluding tert-OH is 1. The third-order valence-corrected chi connectivity index (χ3v) is 0.981. The number of carbonyl (C=O) groups excluding carboxylic acids is 1. The minimum atomic E-state index is 0.517. The van der Waals surface area contributed by atoms with Crippen molar-refractivity contribution in [3.63, 3.8) is 0 Å². The van der Waals surface area contributed by atoms with Crippen molar-refractivity contribution >= 4 is 6.29 Å². The van der Waals surface area contributed by atoms with E-state index in [2.05, 4.69) is 4.98 Å². The molecule has 0 saturated carbocycles. The van der Waals surface area contributed by atoms with Gasteiger partial charge in [-0.15, -0.1) is 0 Å². The van der Waals surface area contributed by atoms with E-state index in [0.717, 1.165) is 19.0 Å². The van der Waals surface area contributed by atoms with Crippen molar-refractivity contribution in [3.8, 4) is 0 Å². The monoisotopic (exact) mass is 141 g/mol. The Hall–Kier alpha value is -1.09. The molecule has 2 N–H and O–H groups in total. The third-order valence-electron chi connectivity index (χ3n) is 0.981. The second-order valence-electron chi connectivity index (χ2n) is 1.59. The van der Waals surface area contributed by atoms with Crippen molar-refractivity contribution in [2.45, 2.75) is 6.42 Å². The number of hydrogen-bond acceptors (Lipinski definition) is 2. The zero-order valence-corrected chi connectivity index (χ0v) is 5.87. The summed E-state index contributed by atoms with van der Waals surface area (Å²) in [6.45, 7) is 0. The molecule has 0 aliphatic rings. The summed E-state index contributed by atoms with van der Waals surface area (Å²) >= 11 is 0. The van der Waals surface area contributed by atoms with Crippen molar-refractivity contribution in [2.24, 2.45) is 0 Å². The molecule has 0 saturated heterocycles. The van der Waals surface area contributed by atoms with Gasteiger partial charge in [-0.2, -0.15) is 0 Å². The summed E-state index contributed by atoms with van der Waals surface area (Å²) in [5.41, 5.74) is 1.04. The lowest BCUT2D eigenvalue weighted by Crippen LogP contribution is -1.78. The molecule has 0 aliphatic carbocycles. The lowest BCUT2D eigenvalue weighted by Gasteiger charge is -1.78. The van der Waals surface area contributed by atoms with Gasteiger partial charge >= 0.3 is 0 Å². The summed E-state index contributed by atoms with van der Waals surface area (Å²) < 4.78 is 0. The zero-order valence-electron chi connectivity index (χ0n) is 5.87. The first-order valence-corrected chi connectivity index (χ1v) is 2.93. The Labute approximate surface area is 59.7 Å². The molecular weight excluding hydrogens is 130 g/mol. The first-order chi connectivity index (χ1) is 4.93. The Bertz CT molecular complexity index is 158. The highest BCUT2D eigenvalue weighted by Gasteiger charge is 1.86. The van der Waals surface area contributed by atoms with Crippen molar-refractivity contribution in [2.75, 3.05) is 7.11 Å². The number of aromatic nitrogens is 1. The van der Waals surface area contributed by atoms with Gasteiger partial charge in [0.1, 0.15) is 6.29 Å². The van der Waals surface area contributed by atoms with Crippen LogP contribution in [0.25, 0.3) is 0 Å². The van der Waals surface area contributed by atoms with E-state index >= 15 is 0 Å². The maximum absolute atomic E-state index is 9.86. The van der Waals surface area contributed by atoms with Crippen LogP contribution in [0.4, 0.5) is 0 Å². The fourth-order valence-corrected chi connectivity index (χ4v) is 0.582. The van der Waals surface area contributed by atoms with Crippen molar-refractivity contribution < 1.29 is 9.90 Å². The molecule has 0 fully saturated rings. The summed E-state index contributed by atoms with van der Waals surface area (Å²) in [5, 5.41) is 7.00. The normalized spacial score (nSPS) is 7.80. The summed E-state index contributed by atoms with van der Waals surface area (Å²) in [6, 6.07) is 1.88. The Kier molecular flexibility index (Phi) is 5.38. The van der Waals surface area contributed by atoms with Gasteiger partial charge in [-0.25, -0.2) is 0 Å². The van der Waals surface area contributed by atoms with Crippen molar-refractivity contribution in [3.05, 3.63) is 24.0 Å². The first kappa shape index (κ1) is 8.91. The standard InChI is InChI=1S/C6H7NO.CH4O/c8-4-2-6-1-3-7-5-6;1-2/h1,3-5,7H,2H2;2H,1H3. The van der Waals surface area contributed by atoms with Crippen LogP contribution >= 0.6 is 0 Å². The Morgan fingerprint density at radius 2 is 2.40 bits per heavy atom. The fourth-order valence-electron chi connectivity index (χ4n) is 0.582. The zero-order chi connectivity index (χ0) is 7.82. The number of carbonyl (C=O) groups is 1. The van der Waals surface area contributed by atoms with E-state index in [9.17, 15) is 4.79 Å². The van der Waals surface area contributed by atoms with Crippen LogP contribution in [-0.2, 0) is 11.2 Å². The van der Waals surface area contributed by atoms with E-state index in [1.165, 1.54) is 0 Å². The van der Waals surface area contributed by atoms with Crippen LogP contribution in [0, 0.1) is 0 Å². The van der Waals surface area contributed by atoms with Crippen LogP contribution < -0.4 is 0 Å². The van der Waals surface area contributed by atoms with E-state index < -0.39 is 0 Å². The van der Waals surface area contributed by atoms with E-state index in [1.807, 2.05) is 12.3 Å². The fraction of sp³-hybridized carbons (Fsp3) is 0.286. The Morgan fingerprint density at radius 3 is 2.80 bits per heavy atom. The van der Waals surface area contributed by atoms with Crippen LogP contribution in [0.5, 0.6) is 0 Å². The van der Waals surface area contributed by atoms with Crippen LogP contribution in [0.1, 0.15) is 5.56 Å². The van der Waals surface area contributed by atoms with Crippen LogP contribution in [-0.4, -0.2) is 23.5 Å². The molecule has 0 spiro atoms. The van der Waals surface area contributed by atoms with Crippen molar-refractivity contribution in [1.82, 2.24) is 4.98 Å². The molecule has 0 bridgehead atoms. The maximum atomic E-state index is 9.86. The molecule has 0 radical (unpaired) electrons. The Balaban J connectivity index is 0.000000371. The highest BCUT2D eigenvalue weighted by Crippen LogP contribution is 1.93. The molecule has 0 unspecified atom stereocenters. The molecule has 1 heterocycles. The molecule has 1 aromatic heterocycles. The molecule has 3 nitrogen and oxygen atoms in total. The number of rotatable bonds is 2. The maximum Gasteiger partial charge on any atom is 0.124 e. The van der Waals surface area contributed by atoms with Crippen LogP contribution in [0.3, 0.4) is 0 Å². The molecule has 0 aromatic carbocycles. The molecule has 0 amide bonds. The molecule has 56 valence electrons. The van der Waals surface area contributed by atoms with Gasteiger partial charge in [-0.3, -0.25) is 0 Å². The summed E-state index contributed by atoms with van der Waals surface area (Å²) in [5.74, 6) is 0. The lowest BCUT2D eigenvalue weighted by atomic mass is 10.3. The van der Waals surface area contributed by atoms with Gasteiger partial charge in [0.15, 0.2) is 0 Å². The SMILES string of the molecule is CO.O=CCc1cc[nH]c1. The summed E-state index contributed by atoms with van der Waals surface area (Å²) in [4.78, 5) is 12.7. The van der Waals surface area contributed by atoms with Crippen molar-refractivity contribution in [1.29, 1.82) is 0 Å². The van der Waals surface area contributed by atoms with E-state index in [1.54, 1.807) is 6.20 Å². The van der Waals surface area contributed by atoms with Gasteiger partial charge in [0.05, 0.1) is 0 Å². The Morgan fingerprint density at radius 1 is 1.70 bits per heavy atom. The molecular formula is C7H11NO2. The van der Waals surface area contributed by atoms with Crippen LogP contribution in [0.2, 0.25) is 0 Å².